The first-order valence-electron chi connectivity index (χ1n) is 6.99. The zero-order valence-corrected chi connectivity index (χ0v) is 14.4. The van der Waals surface area contributed by atoms with E-state index < -0.39 is 24.0 Å². The topological polar surface area (TPSA) is 50.1 Å². The minimum Gasteiger partial charge on any atom is -0.374 e. The number of aromatic nitrogens is 2. The molecule has 2 aromatic rings. The summed E-state index contributed by atoms with van der Waals surface area (Å²) in [6.45, 7) is 0.909. The van der Waals surface area contributed by atoms with E-state index in [1.807, 2.05) is 0 Å². The summed E-state index contributed by atoms with van der Waals surface area (Å²) in [4.78, 5) is 0. The van der Waals surface area contributed by atoms with Gasteiger partial charge in [0.1, 0.15) is 17.6 Å². The third-order valence-electron chi connectivity index (χ3n) is 3.51. The number of halogens is 5. The maximum Gasteiger partial charge on any atom is 0.282 e. The molecule has 0 saturated carbocycles. The predicted molar refractivity (Wildman–Crippen MR) is 86.0 cm³/mol. The van der Waals surface area contributed by atoms with Crippen molar-refractivity contribution in [2.24, 2.45) is 7.05 Å². The molecule has 1 aromatic carbocycles. The van der Waals surface area contributed by atoms with Crippen LogP contribution >= 0.6 is 23.2 Å². The summed E-state index contributed by atoms with van der Waals surface area (Å²) >= 11 is 11.8. The molecule has 0 aliphatic carbocycles. The number of aryl methyl sites for hydroxylation is 1. The van der Waals surface area contributed by atoms with Crippen molar-refractivity contribution in [3.63, 3.8) is 0 Å². The number of nitrogens with zero attached hydrogens (tertiary/aromatic N) is 2. The van der Waals surface area contributed by atoms with Crippen LogP contribution in [-0.2, 0) is 12.7 Å². The molecule has 2 N–H and O–H groups in total. The molecule has 9 heteroatoms. The van der Waals surface area contributed by atoms with Crippen molar-refractivity contribution in [2.45, 2.75) is 25.2 Å². The van der Waals surface area contributed by atoms with Gasteiger partial charge in [-0.15, -0.1) is 0 Å². The Labute approximate surface area is 147 Å². The molecule has 0 saturated heterocycles. The maximum atomic E-state index is 14.9. The highest BCUT2D eigenvalue weighted by atomic mass is 35.5. The van der Waals surface area contributed by atoms with E-state index >= 15 is 0 Å². The van der Waals surface area contributed by atoms with Crippen molar-refractivity contribution in [1.29, 1.82) is 0 Å². The minimum atomic E-state index is -2.85. The third kappa shape index (κ3) is 4.22. The number of hydrogen-bond donors (Lipinski definition) is 2. The van der Waals surface area contributed by atoms with Crippen molar-refractivity contribution in [3.05, 3.63) is 51.3 Å². The molecule has 1 heterocycles. The van der Waals surface area contributed by atoms with E-state index in [0.717, 1.165) is 4.68 Å². The number of aliphatic hydroxyl groups excluding tert-OH is 1. The summed E-state index contributed by atoms with van der Waals surface area (Å²) in [5.74, 6) is 0. The number of nitrogens with one attached hydrogen (secondary N) is 1. The predicted octanol–water partition coefficient (Wildman–Crippen LogP) is 4.13. The lowest BCUT2D eigenvalue weighted by Crippen LogP contribution is -2.34. The van der Waals surface area contributed by atoms with Gasteiger partial charge >= 0.3 is 0 Å². The second-order valence-corrected chi connectivity index (χ2v) is 6.39. The fourth-order valence-electron chi connectivity index (χ4n) is 2.31. The van der Waals surface area contributed by atoms with Crippen LogP contribution in [0, 0.1) is 0 Å². The first kappa shape index (κ1) is 19.1. The van der Waals surface area contributed by atoms with Gasteiger partial charge in [-0.2, -0.15) is 5.10 Å². The fraction of sp³-hybridized carbons (Fsp3) is 0.400. The molecular weight excluding hydrogens is 366 g/mol. The molecule has 0 radical (unpaired) electrons. The zero-order valence-electron chi connectivity index (χ0n) is 12.9. The highest BCUT2D eigenvalue weighted by Gasteiger charge is 2.30. The average Bonchev–Trinajstić information content (AvgIpc) is 2.87. The van der Waals surface area contributed by atoms with Crippen LogP contribution in [0.1, 0.15) is 36.4 Å². The largest absolute Gasteiger partial charge is 0.374 e. The van der Waals surface area contributed by atoms with Crippen LogP contribution in [0.3, 0.4) is 0 Å². The number of rotatable bonds is 6. The van der Waals surface area contributed by atoms with Crippen molar-refractivity contribution in [3.8, 4) is 0 Å². The van der Waals surface area contributed by atoms with Crippen LogP contribution in [0.25, 0.3) is 0 Å². The van der Waals surface area contributed by atoms with E-state index in [2.05, 4.69) is 10.4 Å². The number of benzene rings is 1. The molecule has 2 atom stereocenters. The van der Waals surface area contributed by atoms with Crippen LogP contribution < -0.4 is 5.32 Å². The lowest BCUT2D eigenvalue weighted by atomic mass is 9.97. The van der Waals surface area contributed by atoms with E-state index in [9.17, 15) is 18.3 Å². The summed E-state index contributed by atoms with van der Waals surface area (Å²) in [5.41, 5.74) is -2.43. The minimum absolute atomic E-state index is 0.106. The molecule has 0 fully saturated rings. The monoisotopic (exact) mass is 381 g/mol. The van der Waals surface area contributed by atoms with E-state index in [0.29, 0.717) is 5.02 Å². The van der Waals surface area contributed by atoms with Crippen molar-refractivity contribution in [2.75, 3.05) is 6.54 Å². The van der Waals surface area contributed by atoms with Gasteiger partial charge in [-0.25, -0.2) is 13.2 Å². The maximum absolute atomic E-state index is 14.9. The highest BCUT2D eigenvalue weighted by molar-refractivity contribution is 6.35. The molecule has 24 heavy (non-hydrogen) atoms. The van der Waals surface area contributed by atoms with Gasteiger partial charge in [0.2, 0.25) is 0 Å². The van der Waals surface area contributed by atoms with E-state index in [4.69, 9.17) is 23.2 Å². The second kappa shape index (κ2) is 7.31. The van der Waals surface area contributed by atoms with Crippen molar-refractivity contribution in [1.82, 2.24) is 15.1 Å². The standard InChI is InChI=1S/C15H16Cl2F3N3O/c1-15(20,10-4-3-8(16)5-11(10)17)7-21-14(24)9-6-23(2)22-12(9)13(18)19/h3-6,13-14,21,24H,7H2,1-2H3. The van der Waals surface area contributed by atoms with Gasteiger partial charge < -0.3 is 5.11 Å². The van der Waals surface area contributed by atoms with Gasteiger partial charge in [0.15, 0.2) is 0 Å². The lowest BCUT2D eigenvalue weighted by molar-refractivity contribution is 0.0915. The Bertz CT molecular complexity index is 722. The molecule has 0 spiro atoms. The molecule has 0 amide bonds. The van der Waals surface area contributed by atoms with Crippen LogP contribution in [0.2, 0.25) is 10.0 Å². The normalized spacial score (nSPS) is 15.5. The van der Waals surface area contributed by atoms with Crippen LogP contribution in [0.4, 0.5) is 13.2 Å². The summed E-state index contributed by atoms with van der Waals surface area (Å²) in [5, 5.41) is 16.7. The number of aliphatic hydroxyl groups is 1. The summed E-state index contributed by atoms with van der Waals surface area (Å²) in [6.07, 6.45) is -3.09. The van der Waals surface area contributed by atoms with Gasteiger partial charge in [0.25, 0.3) is 6.43 Å². The summed E-state index contributed by atoms with van der Waals surface area (Å²) in [7, 11) is 1.45. The van der Waals surface area contributed by atoms with E-state index in [-0.39, 0.29) is 22.7 Å². The molecule has 132 valence electrons. The Kier molecular flexibility index (Phi) is 5.80. The lowest BCUT2D eigenvalue weighted by Gasteiger charge is -2.24. The molecule has 2 rings (SSSR count). The molecular formula is C15H16Cl2F3N3O. The van der Waals surface area contributed by atoms with Gasteiger partial charge in [-0.05, 0) is 19.1 Å². The van der Waals surface area contributed by atoms with Gasteiger partial charge in [0, 0.05) is 41.0 Å². The molecule has 4 nitrogen and oxygen atoms in total. The van der Waals surface area contributed by atoms with Crippen LogP contribution in [0.15, 0.2) is 24.4 Å². The molecule has 2 unspecified atom stereocenters. The summed E-state index contributed by atoms with van der Waals surface area (Å²) in [6, 6.07) is 4.34. The SMILES string of the molecule is Cn1cc(C(O)NCC(C)(F)c2ccc(Cl)cc2Cl)c(C(F)F)n1. The van der Waals surface area contributed by atoms with Gasteiger partial charge in [-0.1, -0.05) is 29.3 Å². The van der Waals surface area contributed by atoms with Crippen LogP contribution in [-0.4, -0.2) is 21.4 Å². The zero-order chi connectivity index (χ0) is 18.1. The molecule has 0 aliphatic rings. The van der Waals surface area contributed by atoms with Gasteiger partial charge in [-0.3, -0.25) is 10.00 Å². The average molecular weight is 382 g/mol. The molecule has 0 aliphatic heterocycles. The van der Waals surface area contributed by atoms with E-state index in [1.54, 1.807) is 0 Å². The highest BCUT2D eigenvalue weighted by Crippen LogP contribution is 2.33. The smallest absolute Gasteiger partial charge is 0.282 e. The molecule has 1 aromatic heterocycles. The number of hydrogen-bond acceptors (Lipinski definition) is 3. The van der Waals surface area contributed by atoms with E-state index in [1.165, 1.54) is 38.4 Å². The third-order valence-corrected chi connectivity index (χ3v) is 4.06. The first-order valence-corrected chi connectivity index (χ1v) is 7.75. The summed E-state index contributed by atoms with van der Waals surface area (Å²) < 4.78 is 41.9. The first-order chi connectivity index (χ1) is 11.1. The fourth-order valence-corrected chi connectivity index (χ4v) is 2.92. The molecule has 0 bridgehead atoms. The Hall–Kier alpha value is -1.28. The van der Waals surface area contributed by atoms with Crippen molar-refractivity contribution >= 4 is 23.2 Å². The number of alkyl halides is 3. The Morgan fingerprint density at radius 2 is 2.04 bits per heavy atom. The van der Waals surface area contributed by atoms with Crippen molar-refractivity contribution < 1.29 is 18.3 Å². The quantitative estimate of drug-likeness (QED) is 0.739. The Morgan fingerprint density at radius 1 is 1.38 bits per heavy atom. The van der Waals surface area contributed by atoms with Gasteiger partial charge in [0.05, 0.1) is 0 Å². The Morgan fingerprint density at radius 3 is 2.62 bits per heavy atom. The Balaban J connectivity index is 2.14. The van der Waals surface area contributed by atoms with Crippen LogP contribution in [0.5, 0.6) is 0 Å². The second-order valence-electron chi connectivity index (χ2n) is 5.55.